The number of methoxy groups -OCH3 is 2. The lowest BCUT2D eigenvalue weighted by molar-refractivity contribution is -0.149. The number of amides is 1. The van der Waals surface area contributed by atoms with Crippen molar-refractivity contribution in [3.8, 4) is 11.5 Å². The molecule has 0 aliphatic carbocycles. The van der Waals surface area contributed by atoms with Crippen LogP contribution in [0.15, 0.2) is 18.2 Å². The molecule has 0 atom stereocenters. The molecular formula is C19H29NO5. The maximum absolute atomic E-state index is 12.7. The first-order chi connectivity index (χ1) is 11.7. The van der Waals surface area contributed by atoms with Crippen molar-refractivity contribution in [2.45, 2.75) is 46.0 Å². The molecule has 1 rings (SSSR count). The van der Waals surface area contributed by atoms with E-state index in [1.54, 1.807) is 40.2 Å². The second-order valence-electron chi connectivity index (χ2n) is 6.67. The van der Waals surface area contributed by atoms with Crippen molar-refractivity contribution in [2.75, 3.05) is 20.8 Å². The van der Waals surface area contributed by atoms with Gasteiger partial charge in [0.15, 0.2) is 11.5 Å². The number of aliphatic carboxylic acids is 1. The molecule has 1 aromatic rings. The number of hydrogen-bond donors (Lipinski definition) is 2. The summed E-state index contributed by atoms with van der Waals surface area (Å²) in [5.74, 6) is 0.0150. The van der Waals surface area contributed by atoms with Gasteiger partial charge in [-0.3, -0.25) is 9.59 Å². The molecule has 1 aromatic carbocycles. The van der Waals surface area contributed by atoms with Crippen molar-refractivity contribution in [3.63, 3.8) is 0 Å². The Morgan fingerprint density at radius 1 is 1.08 bits per heavy atom. The van der Waals surface area contributed by atoms with Gasteiger partial charge in [0.05, 0.1) is 25.0 Å². The van der Waals surface area contributed by atoms with Gasteiger partial charge in [-0.15, -0.1) is 0 Å². The summed E-state index contributed by atoms with van der Waals surface area (Å²) in [5.41, 5.74) is -1.02. The van der Waals surface area contributed by atoms with E-state index in [-0.39, 0.29) is 12.5 Å². The smallest absolute Gasteiger partial charge is 0.311 e. The van der Waals surface area contributed by atoms with E-state index in [0.29, 0.717) is 24.3 Å². The Labute approximate surface area is 149 Å². The Bertz CT molecular complexity index is 620. The topological polar surface area (TPSA) is 84.9 Å². The number of nitrogens with one attached hydrogen (secondary N) is 1. The van der Waals surface area contributed by atoms with E-state index >= 15 is 0 Å². The minimum absolute atomic E-state index is 0.102. The predicted octanol–water partition coefficient (Wildman–Crippen LogP) is 2.99. The highest BCUT2D eigenvalue weighted by Gasteiger charge is 2.37. The van der Waals surface area contributed by atoms with E-state index in [1.165, 1.54) is 0 Å². The third-order valence-electron chi connectivity index (χ3n) is 5.07. The van der Waals surface area contributed by atoms with E-state index in [9.17, 15) is 14.7 Å². The molecule has 0 heterocycles. The summed E-state index contributed by atoms with van der Waals surface area (Å²) in [7, 11) is 3.09. The standard InChI is InChI=1S/C19H29NO5/c1-7-19(8-2,17(22)23)12-20-16(21)18(3,4)13-9-10-14(24-5)15(11-13)25-6/h9-11H,7-8,12H2,1-6H3,(H,20,21)(H,22,23). The quantitative estimate of drug-likeness (QED) is 0.714. The minimum Gasteiger partial charge on any atom is -0.493 e. The van der Waals surface area contributed by atoms with Crippen LogP contribution < -0.4 is 14.8 Å². The number of rotatable bonds is 9. The maximum Gasteiger partial charge on any atom is 0.311 e. The van der Waals surface area contributed by atoms with Gasteiger partial charge in [-0.2, -0.15) is 0 Å². The highest BCUT2D eigenvalue weighted by molar-refractivity contribution is 5.88. The molecule has 0 unspecified atom stereocenters. The Balaban J connectivity index is 3.02. The molecule has 25 heavy (non-hydrogen) atoms. The van der Waals surface area contributed by atoms with Gasteiger partial charge in [-0.05, 0) is 44.4 Å². The summed E-state index contributed by atoms with van der Waals surface area (Å²) in [6.07, 6.45) is 0.909. The molecule has 0 aliphatic rings. The van der Waals surface area contributed by atoms with Crippen LogP contribution in [-0.4, -0.2) is 37.7 Å². The van der Waals surface area contributed by atoms with E-state index < -0.39 is 16.8 Å². The number of carbonyl (C=O) groups is 2. The van der Waals surface area contributed by atoms with Gasteiger partial charge in [0.25, 0.3) is 0 Å². The third kappa shape index (κ3) is 4.24. The highest BCUT2D eigenvalue weighted by atomic mass is 16.5. The molecule has 0 bridgehead atoms. The molecule has 140 valence electrons. The SMILES string of the molecule is CCC(CC)(CNC(=O)C(C)(C)c1ccc(OC)c(OC)c1)C(=O)O. The molecule has 6 heteroatoms. The lowest BCUT2D eigenvalue weighted by Crippen LogP contribution is -2.47. The number of carboxylic acid groups (broad SMARTS) is 1. The second kappa shape index (κ2) is 8.23. The van der Waals surface area contributed by atoms with Crippen molar-refractivity contribution in [1.82, 2.24) is 5.32 Å². The fraction of sp³-hybridized carbons (Fsp3) is 0.579. The fourth-order valence-corrected chi connectivity index (χ4v) is 2.70. The van der Waals surface area contributed by atoms with Crippen LogP contribution in [-0.2, 0) is 15.0 Å². The number of hydrogen-bond acceptors (Lipinski definition) is 4. The van der Waals surface area contributed by atoms with E-state index in [0.717, 1.165) is 5.56 Å². The molecule has 0 radical (unpaired) electrons. The molecule has 6 nitrogen and oxygen atoms in total. The van der Waals surface area contributed by atoms with Crippen molar-refractivity contribution >= 4 is 11.9 Å². The van der Waals surface area contributed by atoms with Crippen LogP contribution in [0.3, 0.4) is 0 Å². The molecular weight excluding hydrogens is 322 g/mol. The van der Waals surface area contributed by atoms with Crippen LogP contribution in [0.2, 0.25) is 0 Å². The molecule has 0 aliphatic heterocycles. The zero-order valence-electron chi connectivity index (χ0n) is 15.9. The molecule has 0 spiro atoms. The van der Waals surface area contributed by atoms with Gasteiger partial charge in [0.1, 0.15) is 0 Å². The molecule has 0 saturated heterocycles. The van der Waals surface area contributed by atoms with E-state index in [1.807, 2.05) is 19.9 Å². The normalized spacial score (nSPS) is 11.8. The van der Waals surface area contributed by atoms with Gasteiger partial charge in [0.2, 0.25) is 5.91 Å². The third-order valence-corrected chi connectivity index (χ3v) is 5.07. The summed E-state index contributed by atoms with van der Waals surface area (Å²) in [6.45, 7) is 7.34. The first kappa shape index (κ1) is 20.8. The van der Waals surface area contributed by atoms with Crippen LogP contribution in [0.4, 0.5) is 0 Å². The highest BCUT2D eigenvalue weighted by Crippen LogP contribution is 2.34. The van der Waals surface area contributed by atoms with Crippen molar-refractivity contribution in [2.24, 2.45) is 5.41 Å². The molecule has 0 saturated carbocycles. The Kier molecular flexibility index (Phi) is 6.85. The van der Waals surface area contributed by atoms with E-state index in [2.05, 4.69) is 5.32 Å². The van der Waals surface area contributed by atoms with E-state index in [4.69, 9.17) is 9.47 Å². The van der Waals surface area contributed by atoms with Crippen molar-refractivity contribution < 1.29 is 24.2 Å². The van der Waals surface area contributed by atoms with Gasteiger partial charge in [0, 0.05) is 6.54 Å². The summed E-state index contributed by atoms with van der Waals surface area (Å²) in [4.78, 5) is 24.3. The molecule has 2 N–H and O–H groups in total. The molecule has 0 aromatic heterocycles. The molecule has 1 amide bonds. The van der Waals surface area contributed by atoms with Crippen LogP contribution in [0.25, 0.3) is 0 Å². The van der Waals surface area contributed by atoms with Crippen LogP contribution >= 0.6 is 0 Å². The van der Waals surface area contributed by atoms with Crippen LogP contribution in [0, 0.1) is 5.41 Å². The van der Waals surface area contributed by atoms with Gasteiger partial charge in [-0.25, -0.2) is 0 Å². The summed E-state index contributed by atoms with van der Waals surface area (Å²) >= 11 is 0. The maximum atomic E-state index is 12.7. The average Bonchev–Trinajstić information content (AvgIpc) is 2.61. The zero-order chi connectivity index (χ0) is 19.3. The lowest BCUT2D eigenvalue weighted by atomic mass is 9.80. The Hall–Kier alpha value is -2.24. The zero-order valence-corrected chi connectivity index (χ0v) is 15.9. The summed E-state index contributed by atoms with van der Waals surface area (Å²) in [6, 6.07) is 5.33. The average molecular weight is 351 g/mol. The number of carboxylic acids is 1. The van der Waals surface area contributed by atoms with Crippen molar-refractivity contribution in [3.05, 3.63) is 23.8 Å². The monoisotopic (exact) mass is 351 g/mol. The largest absolute Gasteiger partial charge is 0.493 e. The first-order valence-corrected chi connectivity index (χ1v) is 8.42. The van der Waals surface area contributed by atoms with Crippen LogP contribution in [0.1, 0.15) is 46.1 Å². The van der Waals surface area contributed by atoms with Crippen LogP contribution in [0.5, 0.6) is 11.5 Å². The van der Waals surface area contributed by atoms with Gasteiger partial charge < -0.3 is 19.9 Å². The first-order valence-electron chi connectivity index (χ1n) is 8.42. The fourth-order valence-electron chi connectivity index (χ4n) is 2.70. The number of ether oxygens (including phenoxy) is 2. The van der Waals surface area contributed by atoms with Crippen molar-refractivity contribution in [1.29, 1.82) is 0 Å². The number of benzene rings is 1. The minimum atomic E-state index is -0.941. The number of carbonyl (C=O) groups excluding carboxylic acids is 1. The second-order valence-corrected chi connectivity index (χ2v) is 6.67. The predicted molar refractivity (Wildman–Crippen MR) is 96.2 cm³/mol. The Morgan fingerprint density at radius 2 is 1.64 bits per heavy atom. The Morgan fingerprint density at radius 3 is 2.08 bits per heavy atom. The summed E-state index contributed by atoms with van der Waals surface area (Å²) < 4.78 is 10.5. The van der Waals surface area contributed by atoms with Gasteiger partial charge in [-0.1, -0.05) is 19.9 Å². The molecule has 0 fully saturated rings. The lowest BCUT2D eigenvalue weighted by Gasteiger charge is -2.30. The van der Waals surface area contributed by atoms with Gasteiger partial charge >= 0.3 is 5.97 Å². The summed E-state index contributed by atoms with van der Waals surface area (Å²) in [5, 5.41) is 12.3.